The molecule has 0 saturated carbocycles. The topological polar surface area (TPSA) is 71.8 Å². The van der Waals surface area contributed by atoms with Crippen LogP contribution in [0.5, 0.6) is 0 Å². The summed E-state index contributed by atoms with van der Waals surface area (Å²) in [6.07, 6.45) is 0. The Labute approximate surface area is 200 Å². The molecule has 6 nitrogen and oxygen atoms in total. The minimum absolute atomic E-state index is 0.186. The van der Waals surface area contributed by atoms with Gasteiger partial charge >= 0.3 is 0 Å². The third-order valence-electron chi connectivity index (χ3n) is 5.60. The van der Waals surface area contributed by atoms with E-state index in [1.54, 1.807) is 4.68 Å². The van der Waals surface area contributed by atoms with E-state index in [1.807, 2.05) is 92.7 Å². The number of anilines is 2. The molecule has 4 aromatic rings. The van der Waals surface area contributed by atoms with E-state index in [4.69, 9.17) is 10.1 Å². The van der Waals surface area contributed by atoms with Crippen LogP contribution in [0.2, 0.25) is 0 Å². The monoisotopic (exact) mass is 499 g/mol. The molecule has 164 valence electrons. The van der Waals surface area contributed by atoms with Crippen LogP contribution in [0.1, 0.15) is 24.1 Å². The number of aryl methyl sites for hydroxylation is 1. The fourth-order valence-electron chi connectivity index (χ4n) is 3.97. The fourth-order valence-corrected chi connectivity index (χ4v) is 4.39. The first-order chi connectivity index (χ1) is 16.0. The van der Waals surface area contributed by atoms with E-state index in [2.05, 4.69) is 26.6 Å². The summed E-state index contributed by atoms with van der Waals surface area (Å²) in [6, 6.07) is 25.0. The second-order valence-electron chi connectivity index (χ2n) is 8.01. The van der Waals surface area contributed by atoms with Gasteiger partial charge in [-0.05, 0) is 43.7 Å². The van der Waals surface area contributed by atoms with Crippen LogP contribution in [0, 0.1) is 6.92 Å². The smallest absolute Gasteiger partial charge is 0.255 e. The van der Waals surface area contributed by atoms with Gasteiger partial charge in [-0.15, -0.1) is 5.10 Å². The molecule has 3 aromatic carbocycles. The van der Waals surface area contributed by atoms with Gasteiger partial charge < -0.3 is 10.6 Å². The van der Waals surface area contributed by atoms with Crippen molar-refractivity contribution >= 4 is 33.5 Å². The number of halogens is 1. The first kappa shape index (κ1) is 21.2. The zero-order chi connectivity index (χ0) is 22.9. The van der Waals surface area contributed by atoms with Crippen molar-refractivity contribution in [3.8, 4) is 11.4 Å². The van der Waals surface area contributed by atoms with E-state index in [1.165, 1.54) is 5.56 Å². The Kier molecular flexibility index (Phi) is 5.56. The molecule has 1 aliphatic rings. The van der Waals surface area contributed by atoms with Gasteiger partial charge in [0.1, 0.15) is 6.04 Å². The number of hydrogen-bond donors (Lipinski definition) is 2. The van der Waals surface area contributed by atoms with Crippen LogP contribution in [-0.2, 0) is 4.79 Å². The lowest BCUT2D eigenvalue weighted by molar-refractivity contribution is -0.113. The van der Waals surface area contributed by atoms with Crippen molar-refractivity contribution in [1.82, 2.24) is 14.8 Å². The molecule has 33 heavy (non-hydrogen) atoms. The van der Waals surface area contributed by atoms with Gasteiger partial charge in [-0.3, -0.25) is 4.79 Å². The molecule has 1 unspecified atom stereocenters. The SMILES string of the molecule is CC1=C(C(=O)Nc2ccccc2)C(c2cccc(Br)c2)n2nc(-c3ccc(C)cc3)nc2N1. The Hall–Kier alpha value is -3.71. The summed E-state index contributed by atoms with van der Waals surface area (Å²) < 4.78 is 2.73. The first-order valence-electron chi connectivity index (χ1n) is 10.6. The molecule has 5 rings (SSSR count). The molecule has 2 N–H and O–H groups in total. The van der Waals surface area contributed by atoms with Gasteiger partial charge in [0, 0.05) is 21.4 Å². The number of para-hydroxylation sites is 1. The lowest BCUT2D eigenvalue weighted by atomic mass is 9.95. The standard InChI is InChI=1S/C26H22BrN5O/c1-16-11-13-18(14-12-16)24-30-26-28-17(2)22(25(33)29-21-9-4-3-5-10-21)23(32(26)31-24)19-7-6-8-20(27)15-19/h3-15,23H,1-2H3,(H,29,33)(H,28,30,31). The fraction of sp³-hybridized carbons (Fsp3) is 0.115. The van der Waals surface area contributed by atoms with E-state index < -0.39 is 6.04 Å². The van der Waals surface area contributed by atoms with Gasteiger partial charge in [-0.2, -0.15) is 4.98 Å². The second kappa shape index (κ2) is 8.67. The molecule has 0 spiro atoms. The summed E-state index contributed by atoms with van der Waals surface area (Å²) >= 11 is 3.57. The van der Waals surface area contributed by atoms with E-state index in [0.717, 1.165) is 27.0 Å². The molecule has 1 amide bonds. The van der Waals surface area contributed by atoms with Gasteiger partial charge in [0.15, 0.2) is 5.82 Å². The van der Waals surface area contributed by atoms with Crippen LogP contribution in [-0.4, -0.2) is 20.7 Å². The van der Waals surface area contributed by atoms with Gasteiger partial charge in [-0.1, -0.05) is 76.1 Å². The van der Waals surface area contributed by atoms with Gasteiger partial charge in [-0.25, -0.2) is 4.68 Å². The number of aromatic nitrogens is 3. The van der Waals surface area contributed by atoms with Crippen molar-refractivity contribution in [2.75, 3.05) is 10.6 Å². The van der Waals surface area contributed by atoms with Crippen LogP contribution >= 0.6 is 15.9 Å². The van der Waals surface area contributed by atoms with E-state index in [-0.39, 0.29) is 5.91 Å². The number of hydrogen-bond acceptors (Lipinski definition) is 4. The maximum absolute atomic E-state index is 13.5. The van der Waals surface area contributed by atoms with Gasteiger partial charge in [0.05, 0.1) is 5.57 Å². The summed E-state index contributed by atoms with van der Waals surface area (Å²) in [7, 11) is 0. The van der Waals surface area contributed by atoms with Crippen LogP contribution in [0.4, 0.5) is 11.6 Å². The summed E-state index contributed by atoms with van der Waals surface area (Å²) in [6.45, 7) is 3.94. The zero-order valence-electron chi connectivity index (χ0n) is 18.2. The number of nitrogens with zero attached hydrogens (tertiary/aromatic N) is 3. The predicted molar refractivity (Wildman–Crippen MR) is 134 cm³/mol. The number of carbonyl (C=O) groups excluding carboxylic acids is 1. The number of carbonyl (C=O) groups is 1. The Morgan fingerprint density at radius 3 is 2.48 bits per heavy atom. The zero-order valence-corrected chi connectivity index (χ0v) is 19.8. The Morgan fingerprint density at radius 2 is 1.76 bits per heavy atom. The molecule has 7 heteroatoms. The Morgan fingerprint density at radius 1 is 1.00 bits per heavy atom. The minimum Gasteiger partial charge on any atom is -0.328 e. The average molecular weight is 500 g/mol. The van der Waals surface area contributed by atoms with Crippen molar-refractivity contribution in [1.29, 1.82) is 0 Å². The molecular formula is C26H22BrN5O. The molecule has 2 heterocycles. The average Bonchev–Trinajstić information content (AvgIpc) is 3.22. The third kappa shape index (κ3) is 4.19. The molecular weight excluding hydrogens is 478 g/mol. The maximum Gasteiger partial charge on any atom is 0.255 e. The lowest BCUT2D eigenvalue weighted by Gasteiger charge is -2.28. The van der Waals surface area contributed by atoms with E-state index in [9.17, 15) is 4.79 Å². The minimum atomic E-state index is -0.436. The molecule has 0 aliphatic carbocycles. The van der Waals surface area contributed by atoms with Crippen molar-refractivity contribution in [3.63, 3.8) is 0 Å². The normalized spacial score (nSPS) is 15.1. The molecule has 0 radical (unpaired) electrons. The van der Waals surface area contributed by atoms with Crippen LogP contribution in [0.25, 0.3) is 11.4 Å². The molecule has 1 aromatic heterocycles. The number of nitrogens with one attached hydrogen (secondary N) is 2. The quantitative estimate of drug-likeness (QED) is 0.364. The molecule has 0 bridgehead atoms. The highest BCUT2D eigenvalue weighted by Gasteiger charge is 2.34. The van der Waals surface area contributed by atoms with Crippen LogP contribution in [0.3, 0.4) is 0 Å². The van der Waals surface area contributed by atoms with Gasteiger partial charge in [0.2, 0.25) is 5.95 Å². The number of rotatable bonds is 4. The molecule has 0 fully saturated rings. The van der Waals surface area contributed by atoms with Crippen LogP contribution < -0.4 is 10.6 Å². The van der Waals surface area contributed by atoms with Crippen molar-refractivity contribution in [2.24, 2.45) is 0 Å². The predicted octanol–water partition coefficient (Wildman–Crippen LogP) is 5.94. The highest BCUT2D eigenvalue weighted by atomic mass is 79.9. The van der Waals surface area contributed by atoms with Gasteiger partial charge in [0.25, 0.3) is 5.91 Å². The highest BCUT2D eigenvalue weighted by molar-refractivity contribution is 9.10. The Bertz CT molecular complexity index is 1360. The summed E-state index contributed by atoms with van der Waals surface area (Å²) in [4.78, 5) is 18.2. The largest absolute Gasteiger partial charge is 0.328 e. The van der Waals surface area contributed by atoms with Crippen molar-refractivity contribution in [2.45, 2.75) is 19.9 Å². The summed E-state index contributed by atoms with van der Waals surface area (Å²) in [5.74, 6) is 1.02. The third-order valence-corrected chi connectivity index (χ3v) is 6.10. The summed E-state index contributed by atoms with van der Waals surface area (Å²) in [5.41, 5.74) is 5.09. The Balaban J connectivity index is 1.61. The molecule has 0 saturated heterocycles. The number of amides is 1. The summed E-state index contributed by atoms with van der Waals surface area (Å²) in [5, 5.41) is 11.1. The van der Waals surface area contributed by atoms with Crippen molar-refractivity contribution in [3.05, 3.63) is 106 Å². The van der Waals surface area contributed by atoms with E-state index >= 15 is 0 Å². The number of allylic oxidation sites excluding steroid dienone is 1. The number of fused-ring (bicyclic) bond motifs is 1. The second-order valence-corrected chi connectivity index (χ2v) is 8.93. The first-order valence-corrected chi connectivity index (χ1v) is 11.4. The lowest BCUT2D eigenvalue weighted by Crippen LogP contribution is -2.31. The molecule has 1 aliphatic heterocycles. The highest BCUT2D eigenvalue weighted by Crippen LogP contribution is 2.37. The number of benzene rings is 3. The van der Waals surface area contributed by atoms with Crippen molar-refractivity contribution < 1.29 is 4.79 Å². The van der Waals surface area contributed by atoms with Crippen LogP contribution in [0.15, 0.2) is 94.6 Å². The van der Waals surface area contributed by atoms with E-state index in [0.29, 0.717) is 17.3 Å². The molecule has 1 atom stereocenters. The maximum atomic E-state index is 13.5.